The fourth-order valence-corrected chi connectivity index (χ4v) is 3.20. The Hall–Kier alpha value is 0.0169. The second kappa shape index (κ2) is 6.49. The molecule has 0 fully saturated rings. The lowest BCUT2D eigenvalue weighted by Crippen LogP contribution is -2.60. The van der Waals surface area contributed by atoms with Gasteiger partial charge in [0.2, 0.25) is 0 Å². The van der Waals surface area contributed by atoms with Gasteiger partial charge in [0.05, 0.1) is 5.67 Å². The number of nitrogens with two attached hydrogens (primary N) is 1. The van der Waals surface area contributed by atoms with E-state index in [9.17, 15) is 0 Å². The first-order valence-corrected chi connectivity index (χ1v) is 6.47. The van der Waals surface area contributed by atoms with E-state index in [-0.39, 0.29) is 11.7 Å². The van der Waals surface area contributed by atoms with Crippen LogP contribution in [0.5, 0.6) is 0 Å². The Balaban J connectivity index is 4.21. The molecular formula is C8H22N2O3Si. The molecule has 0 bridgehead atoms. The molecule has 2 unspecified atom stereocenters. The standard InChI is InChI=1S/C8H22N2O3Si/c1-7(9)6-10-8(2)14(11-3,12-4)13-5/h7-8,10H,6,9H2,1-5H3. The lowest BCUT2D eigenvalue weighted by atomic mass is 10.4. The minimum absolute atomic E-state index is 0.0356. The summed E-state index contributed by atoms with van der Waals surface area (Å²) in [6, 6.07) is 0.106. The third kappa shape index (κ3) is 3.64. The molecule has 86 valence electrons. The van der Waals surface area contributed by atoms with Gasteiger partial charge in [0.25, 0.3) is 0 Å². The summed E-state index contributed by atoms with van der Waals surface area (Å²) >= 11 is 0. The van der Waals surface area contributed by atoms with Gasteiger partial charge >= 0.3 is 8.80 Å². The van der Waals surface area contributed by atoms with E-state index < -0.39 is 8.80 Å². The molecule has 0 aromatic rings. The first-order chi connectivity index (χ1) is 6.52. The maximum atomic E-state index is 5.64. The average Bonchev–Trinajstić information content (AvgIpc) is 2.18. The number of nitrogens with one attached hydrogen (secondary N) is 1. The summed E-state index contributed by atoms with van der Waals surface area (Å²) in [6.07, 6.45) is 0. The average molecular weight is 222 g/mol. The highest BCUT2D eigenvalue weighted by Crippen LogP contribution is 2.11. The molecule has 2 atom stereocenters. The van der Waals surface area contributed by atoms with Gasteiger partial charge in [0, 0.05) is 33.9 Å². The Kier molecular flexibility index (Phi) is 6.50. The predicted molar refractivity (Wildman–Crippen MR) is 57.9 cm³/mol. The molecule has 14 heavy (non-hydrogen) atoms. The van der Waals surface area contributed by atoms with Gasteiger partial charge in [-0.3, -0.25) is 0 Å². The van der Waals surface area contributed by atoms with Crippen LogP contribution in [0.2, 0.25) is 0 Å². The molecule has 5 nitrogen and oxygen atoms in total. The Morgan fingerprint density at radius 3 is 1.86 bits per heavy atom. The predicted octanol–water partition coefficient (Wildman–Crippen LogP) is -0.271. The molecule has 0 aromatic heterocycles. The van der Waals surface area contributed by atoms with Gasteiger partial charge in [-0.05, 0) is 13.8 Å². The van der Waals surface area contributed by atoms with Gasteiger partial charge < -0.3 is 24.3 Å². The minimum Gasteiger partial charge on any atom is -0.376 e. The zero-order valence-electron chi connectivity index (χ0n) is 9.66. The van der Waals surface area contributed by atoms with Crippen LogP contribution in [0.3, 0.4) is 0 Å². The summed E-state index contributed by atoms with van der Waals surface area (Å²) in [4.78, 5) is 0. The SMILES string of the molecule is CO[Si](OC)(OC)C(C)NCC(C)N. The summed E-state index contributed by atoms with van der Waals surface area (Å²) in [7, 11) is 2.25. The maximum absolute atomic E-state index is 5.64. The smallest absolute Gasteiger partial charge is 0.376 e. The van der Waals surface area contributed by atoms with Crippen LogP contribution < -0.4 is 11.1 Å². The van der Waals surface area contributed by atoms with Crippen molar-refractivity contribution in [1.82, 2.24) is 5.32 Å². The van der Waals surface area contributed by atoms with Crippen molar-refractivity contribution in [3.63, 3.8) is 0 Å². The second-order valence-corrected chi connectivity index (χ2v) is 6.62. The topological polar surface area (TPSA) is 65.7 Å². The van der Waals surface area contributed by atoms with Crippen molar-refractivity contribution < 1.29 is 13.3 Å². The van der Waals surface area contributed by atoms with Crippen LogP contribution >= 0.6 is 0 Å². The first kappa shape index (κ1) is 14.0. The zero-order valence-corrected chi connectivity index (χ0v) is 10.7. The molecule has 0 saturated heterocycles. The van der Waals surface area contributed by atoms with Gasteiger partial charge in [-0.15, -0.1) is 0 Å². The number of hydrogen-bond donors (Lipinski definition) is 2. The first-order valence-electron chi connectivity index (χ1n) is 4.66. The van der Waals surface area contributed by atoms with Crippen molar-refractivity contribution >= 4 is 8.80 Å². The van der Waals surface area contributed by atoms with Crippen molar-refractivity contribution in [2.75, 3.05) is 27.9 Å². The van der Waals surface area contributed by atoms with Gasteiger partial charge in [-0.1, -0.05) is 0 Å². The second-order valence-electron chi connectivity index (χ2n) is 3.32. The van der Waals surface area contributed by atoms with Crippen LogP contribution in [-0.2, 0) is 13.3 Å². The fourth-order valence-electron chi connectivity index (χ4n) is 1.27. The highest BCUT2D eigenvalue weighted by Gasteiger charge is 2.44. The van der Waals surface area contributed by atoms with Crippen molar-refractivity contribution in [1.29, 1.82) is 0 Å². The molecule has 0 aliphatic rings. The van der Waals surface area contributed by atoms with Crippen LogP contribution in [0.4, 0.5) is 0 Å². The third-order valence-corrected chi connectivity index (χ3v) is 5.10. The Bertz CT molecular complexity index is 145. The lowest BCUT2D eigenvalue weighted by Gasteiger charge is -2.31. The normalized spacial score (nSPS) is 16.7. The number of hydrogen-bond acceptors (Lipinski definition) is 5. The Morgan fingerprint density at radius 2 is 1.57 bits per heavy atom. The molecular weight excluding hydrogens is 200 g/mol. The Labute approximate surface area is 87.3 Å². The highest BCUT2D eigenvalue weighted by molar-refractivity contribution is 6.62. The molecule has 0 aromatic carbocycles. The van der Waals surface area contributed by atoms with Crippen LogP contribution in [0, 0.1) is 0 Å². The molecule has 0 spiro atoms. The maximum Gasteiger partial charge on any atom is 0.517 e. The quantitative estimate of drug-likeness (QED) is 0.581. The van der Waals surface area contributed by atoms with Crippen molar-refractivity contribution in [2.45, 2.75) is 25.6 Å². The van der Waals surface area contributed by atoms with Crippen molar-refractivity contribution in [3.05, 3.63) is 0 Å². The van der Waals surface area contributed by atoms with Gasteiger partial charge in [-0.2, -0.15) is 0 Å². The van der Waals surface area contributed by atoms with Crippen molar-refractivity contribution in [2.24, 2.45) is 5.73 Å². The largest absolute Gasteiger partial charge is 0.517 e. The van der Waals surface area contributed by atoms with E-state index in [1.165, 1.54) is 0 Å². The summed E-state index contributed by atoms with van der Waals surface area (Å²) in [6.45, 7) is 4.63. The Morgan fingerprint density at radius 1 is 1.14 bits per heavy atom. The van der Waals surface area contributed by atoms with Crippen LogP contribution in [0.25, 0.3) is 0 Å². The molecule has 0 rings (SSSR count). The van der Waals surface area contributed by atoms with E-state index in [0.29, 0.717) is 6.54 Å². The summed E-state index contributed by atoms with van der Waals surface area (Å²) in [5.41, 5.74) is 5.67. The van der Waals surface area contributed by atoms with Gasteiger partial charge in [0.1, 0.15) is 0 Å². The fraction of sp³-hybridized carbons (Fsp3) is 1.00. The summed E-state index contributed by atoms with van der Waals surface area (Å²) < 4.78 is 16.0. The molecule has 0 aliphatic heterocycles. The zero-order chi connectivity index (χ0) is 11.2. The van der Waals surface area contributed by atoms with E-state index in [1.807, 2.05) is 13.8 Å². The van der Waals surface area contributed by atoms with Gasteiger partial charge in [-0.25, -0.2) is 0 Å². The van der Waals surface area contributed by atoms with Crippen LogP contribution in [0.15, 0.2) is 0 Å². The summed E-state index contributed by atoms with van der Waals surface area (Å²) in [5, 5.41) is 3.24. The lowest BCUT2D eigenvalue weighted by molar-refractivity contribution is 0.109. The van der Waals surface area contributed by atoms with Crippen LogP contribution in [-0.4, -0.2) is 48.4 Å². The van der Waals surface area contributed by atoms with E-state index in [2.05, 4.69) is 5.32 Å². The molecule has 0 amide bonds. The molecule has 0 heterocycles. The van der Waals surface area contributed by atoms with E-state index in [4.69, 9.17) is 19.0 Å². The molecule has 6 heteroatoms. The minimum atomic E-state index is -2.55. The van der Waals surface area contributed by atoms with E-state index >= 15 is 0 Å². The highest BCUT2D eigenvalue weighted by atomic mass is 28.4. The molecule has 0 aliphatic carbocycles. The van der Waals surface area contributed by atoms with E-state index in [1.54, 1.807) is 21.3 Å². The molecule has 0 saturated carbocycles. The molecule has 0 radical (unpaired) electrons. The van der Waals surface area contributed by atoms with Crippen molar-refractivity contribution in [3.8, 4) is 0 Å². The van der Waals surface area contributed by atoms with E-state index in [0.717, 1.165) is 0 Å². The van der Waals surface area contributed by atoms with Crippen LogP contribution in [0.1, 0.15) is 13.8 Å². The number of rotatable bonds is 7. The third-order valence-electron chi connectivity index (χ3n) is 2.13. The molecule has 3 N–H and O–H groups in total. The van der Waals surface area contributed by atoms with Gasteiger partial charge in [0.15, 0.2) is 0 Å². The monoisotopic (exact) mass is 222 g/mol. The summed E-state index contributed by atoms with van der Waals surface area (Å²) in [5.74, 6) is 0.